The highest BCUT2D eigenvalue weighted by molar-refractivity contribution is 6.76. The van der Waals surface area contributed by atoms with E-state index in [0.29, 0.717) is 0 Å². The molecule has 0 saturated heterocycles. The molecule has 0 aromatic carbocycles. The van der Waals surface area contributed by atoms with Crippen LogP contribution in [0.1, 0.15) is 29.9 Å². The Morgan fingerprint density at radius 1 is 1.35 bits per heavy atom. The fraction of sp³-hybridized carbons (Fsp3) is 0.643. The minimum atomic E-state index is -0.998. The maximum absolute atomic E-state index is 5.78. The van der Waals surface area contributed by atoms with Crippen LogP contribution in [0.15, 0.2) is 12.3 Å². The summed E-state index contributed by atoms with van der Waals surface area (Å²) in [5, 5.41) is 0. The lowest BCUT2D eigenvalue weighted by Crippen LogP contribution is -2.22. The van der Waals surface area contributed by atoms with Gasteiger partial charge in [0.25, 0.3) is 0 Å². The van der Waals surface area contributed by atoms with Gasteiger partial charge in [-0.3, -0.25) is 0 Å². The van der Waals surface area contributed by atoms with E-state index in [1.54, 1.807) is 0 Å². The molecule has 1 aromatic heterocycles. The van der Waals surface area contributed by atoms with Crippen LogP contribution in [0, 0.1) is 6.92 Å². The highest BCUT2D eigenvalue weighted by atomic mass is 28.3. The van der Waals surface area contributed by atoms with Gasteiger partial charge in [-0.2, -0.15) is 0 Å². The fourth-order valence-electron chi connectivity index (χ4n) is 1.89. The Morgan fingerprint density at radius 2 is 2.06 bits per heavy atom. The second-order valence-electron chi connectivity index (χ2n) is 6.31. The predicted octanol–water partition coefficient (Wildman–Crippen LogP) is 3.98. The molecule has 3 heteroatoms. The molecular weight excluding hydrogens is 226 g/mol. The lowest BCUT2D eigenvalue weighted by molar-refractivity contribution is 0.324. The third-order valence-corrected chi connectivity index (χ3v) is 4.94. The van der Waals surface area contributed by atoms with Gasteiger partial charge in [-0.15, -0.1) is 0 Å². The number of rotatable bonds is 5. The average molecular weight is 249 g/mol. The molecule has 1 saturated carbocycles. The zero-order valence-electron chi connectivity index (χ0n) is 11.4. The number of hydrogen-bond donors (Lipinski definition) is 0. The first-order valence-corrected chi connectivity index (χ1v) is 10.3. The maximum Gasteiger partial charge on any atom is 0.213 e. The van der Waals surface area contributed by atoms with E-state index in [4.69, 9.17) is 4.74 Å². The maximum atomic E-state index is 5.78. The molecule has 94 valence electrons. The van der Waals surface area contributed by atoms with Crippen LogP contribution in [-0.4, -0.2) is 19.7 Å². The molecule has 0 spiro atoms. The molecule has 1 fully saturated rings. The SMILES string of the molecule is Cc1cnc(OCC[Si](C)(C)C)cc1C1CC1. The molecule has 0 bridgehead atoms. The molecule has 17 heavy (non-hydrogen) atoms. The van der Waals surface area contributed by atoms with Gasteiger partial charge in [0.15, 0.2) is 0 Å². The molecule has 2 rings (SSSR count). The van der Waals surface area contributed by atoms with Crippen LogP contribution in [0.25, 0.3) is 0 Å². The van der Waals surface area contributed by atoms with Crippen LogP contribution in [0.2, 0.25) is 25.7 Å². The second-order valence-corrected chi connectivity index (χ2v) is 11.9. The third-order valence-electron chi connectivity index (χ3n) is 3.24. The van der Waals surface area contributed by atoms with E-state index >= 15 is 0 Å². The summed E-state index contributed by atoms with van der Waals surface area (Å²) in [6.45, 7) is 10.1. The zero-order valence-corrected chi connectivity index (χ0v) is 12.4. The highest BCUT2D eigenvalue weighted by Crippen LogP contribution is 2.42. The molecule has 0 atom stereocenters. The number of hydrogen-bond acceptors (Lipinski definition) is 2. The van der Waals surface area contributed by atoms with Crippen LogP contribution < -0.4 is 4.74 Å². The molecule has 1 aliphatic carbocycles. The Kier molecular flexibility index (Phi) is 3.57. The van der Waals surface area contributed by atoms with E-state index in [1.807, 2.05) is 6.20 Å². The van der Waals surface area contributed by atoms with Crippen molar-refractivity contribution in [3.05, 3.63) is 23.4 Å². The van der Waals surface area contributed by atoms with E-state index < -0.39 is 8.07 Å². The quantitative estimate of drug-likeness (QED) is 0.736. The Bertz CT molecular complexity index is 394. The molecule has 0 N–H and O–H groups in total. The van der Waals surface area contributed by atoms with Crippen molar-refractivity contribution in [2.45, 2.75) is 51.4 Å². The summed E-state index contributed by atoms with van der Waals surface area (Å²) in [6.07, 6.45) is 4.62. The monoisotopic (exact) mass is 249 g/mol. The van der Waals surface area contributed by atoms with Gasteiger partial charge in [0.2, 0.25) is 5.88 Å². The molecule has 1 aromatic rings. The van der Waals surface area contributed by atoms with Crippen molar-refractivity contribution in [1.82, 2.24) is 4.98 Å². The van der Waals surface area contributed by atoms with E-state index in [9.17, 15) is 0 Å². The number of pyridine rings is 1. The molecule has 0 radical (unpaired) electrons. The summed E-state index contributed by atoms with van der Waals surface area (Å²) in [5.41, 5.74) is 2.76. The first kappa shape index (κ1) is 12.6. The van der Waals surface area contributed by atoms with Gasteiger partial charge < -0.3 is 4.74 Å². The average Bonchev–Trinajstić information content (AvgIpc) is 3.02. The Balaban J connectivity index is 1.95. The van der Waals surface area contributed by atoms with Crippen molar-refractivity contribution in [2.75, 3.05) is 6.61 Å². The van der Waals surface area contributed by atoms with Gasteiger partial charge >= 0.3 is 0 Å². The minimum absolute atomic E-state index is 0.775. The van der Waals surface area contributed by atoms with E-state index in [2.05, 4.69) is 37.6 Å². The third kappa shape index (κ3) is 3.84. The van der Waals surface area contributed by atoms with E-state index in [-0.39, 0.29) is 0 Å². The smallest absolute Gasteiger partial charge is 0.213 e. The minimum Gasteiger partial charge on any atom is -0.478 e. The number of nitrogens with zero attached hydrogens (tertiary/aromatic N) is 1. The molecule has 1 aliphatic rings. The van der Waals surface area contributed by atoms with Gasteiger partial charge in [-0.1, -0.05) is 19.6 Å². The Morgan fingerprint density at radius 3 is 2.65 bits per heavy atom. The molecule has 1 heterocycles. The van der Waals surface area contributed by atoms with Crippen LogP contribution >= 0.6 is 0 Å². The first-order valence-electron chi connectivity index (χ1n) is 6.55. The normalized spacial score (nSPS) is 16.0. The van der Waals surface area contributed by atoms with Crippen LogP contribution in [0.4, 0.5) is 0 Å². The summed E-state index contributed by atoms with van der Waals surface area (Å²) < 4.78 is 5.78. The largest absolute Gasteiger partial charge is 0.478 e. The first-order chi connectivity index (χ1) is 7.96. The van der Waals surface area contributed by atoms with Crippen molar-refractivity contribution in [2.24, 2.45) is 0 Å². The van der Waals surface area contributed by atoms with Crippen LogP contribution in [-0.2, 0) is 0 Å². The predicted molar refractivity (Wildman–Crippen MR) is 74.6 cm³/mol. The van der Waals surface area contributed by atoms with Crippen molar-refractivity contribution < 1.29 is 4.74 Å². The Labute approximate surface area is 105 Å². The number of aromatic nitrogens is 1. The summed E-state index contributed by atoms with van der Waals surface area (Å²) in [4.78, 5) is 4.36. The van der Waals surface area contributed by atoms with Crippen molar-refractivity contribution in [1.29, 1.82) is 0 Å². The molecule has 2 nitrogen and oxygen atoms in total. The van der Waals surface area contributed by atoms with E-state index in [0.717, 1.165) is 18.4 Å². The lowest BCUT2D eigenvalue weighted by atomic mass is 10.1. The Hall–Kier alpha value is -0.833. The number of ether oxygens (including phenoxy) is 1. The molecule has 0 aliphatic heterocycles. The van der Waals surface area contributed by atoms with Crippen molar-refractivity contribution >= 4 is 8.07 Å². The standard InChI is InChI=1S/C14H23NOSi/c1-11-10-15-14(9-13(11)12-5-6-12)16-7-8-17(2,3)4/h9-10,12H,5-8H2,1-4H3. The lowest BCUT2D eigenvalue weighted by Gasteiger charge is -2.16. The highest BCUT2D eigenvalue weighted by Gasteiger charge is 2.25. The molecular formula is C14H23NOSi. The van der Waals surface area contributed by atoms with Gasteiger partial charge in [0.05, 0.1) is 6.61 Å². The number of aryl methyl sites for hydroxylation is 1. The van der Waals surface area contributed by atoms with Crippen molar-refractivity contribution in [3.63, 3.8) is 0 Å². The van der Waals surface area contributed by atoms with Gasteiger partial charge in [0.1, 0.15) is 0 Å². The summed E-state index contributed by atoms with van der Waals surface area (Å²) in [7, 11) is -0.998. The fourth-order valence-corrected chi connectivity index (χ4v) is 2.61. The molecule has 0 unspecified atom stereocenters. The topological polar surface area (TPSA) is 22.1 Å². The summed E-state index contributed by atoms with van der Waals surface area (Å²) in [6, 6.07) is 3.35. The van der Waals surface area contributed by atoms with Crippen LogP contribution in [0.5, 0.6) is 5.88 Å². The van der Waals surface area contributed by atoms with Crippen molar-refractivity contribution in [3.8, 4) is 5.88 Å². The van der Waals surface area contributed by atoms with Gasteiger partial charge in [-0.25, -0.2) is 4.98 Å². The van der Waals surface area contributed by atoms with E-state index in [1.165, 1.54) is 30.0 Å². The second kappa shape index (κ2) is 4.81. The summed E-state index contributed by atoms with van der Waals surface area (Å²) in [5.74, 6) is 1.59. The van der Waals surface area contributed by atoms with Gasteiger partial charge in [0, 0.05) is 20.3 Å². The van der Waals surface area contributed by atoms with Crippen LogP contribution in [0.3, 0.4) is 0 Å². The van der Waals surface area contributed by atoms with Gasteiger partial charge in [-0.05, 0) is 42.9 Å². The summed E-state index contributed by atoms with van der Waals surface area (Å²) >= 11 is 0. The molecule has 0 amide bonds. The zero-order chi connectivity index (χ0) is 12.5.